The number of hydrogen-bond donors (Lipinski definition) is 0. The summed E-state index contributed by atoms with van der Waals surface area (Å²) in [5.74, 6) is -0.464. The van der Waals surface area contributed by atoms with Crippen LogP contribution in [0.15, 0.2) is 66.9 Å². The lowest BCUT2D eigenvalue weighted by Gasteiger charge is -2.21. The van der Waals surface area contributed by atoms with Gasteiger partial charge in [0.15, 0.2) is 0 Å². The number of hydrogen-bond acceptors (Lipinski definition) is 3. The first-order chi connectivity index (χ1) is 13.8. The van der Waals surface area contributed by atoms with Crippen molar-refractivity contribution in [3.05, 3.63) is 83.8 Å². The molecule has 0 spiro atoms. The second-order valence-electron chi connectivity index (χ2n) is 6.04. The van der Waals surface area contributed by atoms with Crippen LogP contribution in [-0.4, -0.2) is 17.4 Å². The van der Waals surface area contributed by atoms with Gasteiger partial charge in [0.2, 0.25) is 5.88 Å². The number of nitrogens with zero attached hydrogens (tertiary/aromatic N) is 2. The number of carbonyl (C=O) groups excluding carboxylic acids is 1. The number of aromatic nitrogens is 1. The van der Waals surface area contributed by atoms with Crippen molar-refractivity contribution in [3.63, 3.8) is 0 Å². The Morgan fingerprint density at radius 3 is 2.34 bits per heavy atom. The van der Waals surface area contributed by atoms with E-state index in [1.165, 1.54) is 47.4 Å². The monoisotopic (exact) mass is 404 g/mol. The molecule has 0 aliphatic carbocycles. The molecule has 150 valence electrons. The van der Waals surface area contributed by atoms with Gasteiger partial charge in [0, 0.05) is 30.1 Å². The van der Waals surface area contributed by atoms with Gasteiger partial charge in [-0.25, -0.2) is 9.37 Å². The van der Waals surface area contributed by atoms with E-state index in [9.17, 15) is 22.4 Å². The molecule has 0 aliphatic rings. The third-order valence-electron chi connectivity index (χ3n) is 4.07. The summed E-state index contributed by atoms with van der Waals surface area (Å²) in [5.41, 5.74) is -0.0848. The van der Waals surface area contributed by atoms with Gasteiger partial charge < -0.3 is 9.64 Å². The second kappa shape index (κ2) is 8.30. The molecule has 0 aliphatic heterocycles. The molecule has 0 fully saturated rings. The molecular formula is C21H16F4N2O2. The minimum atomic E-state index is -4.47. The summed E-state index contributed by atoms with van der Waals surface area (Å²) in [5, 5.41) is 0. The van der Waals surface area contributed by atoms with Crippen LogP contribution in [0.3, 0.4) is 0 Å². The van der Waals surface area contributed by atoms with Gasteiger partial charge in [-0.15, -0.1) is 0 Å². The third kappa shape index (κ3) is 4.90. The number of halogens is 4. The molecule has 0 atom stereocenters. The van der Waals surface area contributed by atoms with Crippen LogP contribution in [0.4, 0.5) is 23.2 Å². The highest BCUT2D eigenvalue weighted by atomic mass is 19.4. The molecule has 8 heteroatoms. The van der Waals surface area contributed by atoms with E-state index in [2.05, 4.69) is 4.98 Å². The Morgan fingerprint density at radius 2 is 1.79 bits per heavy atom. The van der Waals surface area contributed by atoms with Crippen molar-refractivity contribution in [2.75, 3.05) is 11.4 Å². The van der Waals surface area contributed by atoms with E-state index < -0.39 is 17.6 Å². The molecule has 0 radical (unpaired) electrons. The van der Waals surface area contributed by atoms with Crippen LogP contribution in [0.5, 0.6) is 11.6 Å². The van der Waals surface area contributed by atoms with Crippen molar-refractivity contribution in [2.45, 2.75) is 13.1 Å². The summed E-state index contributed by atoms with van der Waals surface area (Å²) in [6.07, 6.45) is -3.79. The summed E-state index contributed by atoms with van der Waals surface area (Å²) in [7, 11) is 0. The standard InChI is InChI=1S/C21H16F4N2O2/c1-2-27(17-5-3-4-16(22)12-17)20(28)14-6-9-18(10-7-14)29-19-11-8-15(13-26-19)21(23,24)25/h3-13H,2H2,1H3. The number of anilines is 1. The highest BCUT2D eigenvalue weighted by Crippen LogP contribution is 2.30. The number of carbonyl (C=O) groups is 1. The Bertz CT molecular complexity index is 987. The first-order valence-corrected chi connectivity index (χ1v) is 8.66. The zero-order valence-corrected chi connectivity index (χ0v) is 15.3. The number of ether oxygens (including phenoxy) is 1. The van der Waals surface area contributed by atoms with E-state index in [0.29, 0.717) is 29.7 Å². The lowest BCUT2D eigenvalue weighted by atomic mass is 10.1. The minimum Gasteiger partial charge on any atom is -0.439 e. The van der Waals surface area contributed by atoms with Gasteiger partial charge >= 0.3 is 6.18 Å². The predicted molar refractivity (Wildman–Crippen MR) is 99.5 cm³/mol. The highest BCUT2D eigenvalue weighted by Gasteiger charge is 2.30. The highest BCUT2D eigenvalue weighted by molar-refractivity contribution is 6.06. The molecule has 1 heterocycles. The van der Waals surface area contributed by atoms with Gasteiger partial charge in [-0.3, -0.25) is 4.79 Å². The van der Waals surface area contributed by atoms with Crippen LogP contribution in [-0.2, 0) is 6.18 Å². The van der Waals surface area contributed by atoms with Crippen molar-refractivity contribution >= 4 is 11.6 Å². The third-order valence-corrected chi connectivity index (χ3v) is 4.07. The maximum absolute atomic E-state index is 13.5. The molecule has 4 nitrogen and oxygen atoms in total. The van der Waals surface area contributed by atoms with E-state index in [4.69, 9.17) is 4.74 Å². The molecule has 3 rings (SSSR count). The van der Waals surface area contributed by atoms with Crippen LogP contribution in [0, 0.1) is 5.82 Å². The Hall–Kier alpha value is -3.42. The van der Waals surface area contributed by atoms with E-state index in [0.717, 1.165) is 12.1 Å². The molecule has 1 amide bonds. The maximum Gasteiger partial charge on any atom is 0.417 e. The van der Waals surface area contributed by atoms with Gasteiger partial charge in [-0.1, -0.05) is 6.07 Å². The largest absolute Gasteiger partial charge is 0.439 e. The average molecular weight is 404 g/mol. The maximum atomic E-state index is 13.5. The van der Waals surface area contributed by atoms with Gasteiger partial charge in [-0.05, 0) is 55.5 Å². The molecule has 29 heavy (non-hydrogen) atoms. The molecule has 0 saturated carbocycles. The SMILES string of the molecule is CCN(C(=O)c1ccc(Oc2ccc(C(F)(F)F)cn2)cc1)c1cccc(F)c1. The molecule has 1 aromatic heterocycles. The van der Waals surface area contributed by atoms with Crippen molar-refractivity contribution in [2.24, 2.45) is 0 Å². The Balaban J connectivity index is 1.73. The predicted octanol–water partition coefficient (Wildman–Crippen LogP) is 5.70. The van der Waals surface area contributed by atoms with Crippen molar-refractivity contribution in [3.8, 4) is 11.6 Å². The van der Waals surface area contributed by atoms with Crippen LogP contribution < -0.4 is 9.64 Å². The average Bonchev–Trinajstić information content (AvgIpc) is 2.69. The zero-order valence-electron chi connectivity index (χ0n) is 15.3. The summed E-state index contributed by atoms with van der Waals surface area (Å²) >= 11 is 0. The molecule has 0 N–H and O–H groups in total. The summed E-state index contributed by atoms with van der Waals surface area (Å²) < 4.78 is 56.6. The molecule has 0 saturated heterocycles. The Morgan fingerprint density at radius 1 is 1.07 bits per heavy atom. The van der Waals surface area contributed by atoms with Gasteiger partial charge in [0.05, 0.1) is 5.56 Å². The van der Waals surface area contributed by atoms with Gasteiger partial charge in [0.1, 0.15) is 11.6 Å². The molecule has 0 bridgehead atoms. The fraction of sp³-hybridized carbons (Fsp3) is 0.143. The lowest BCUT2D eigenvalue weighted by molar-refractivity contribution is -0.137. The number of rotatable bonds is 5. The first kappa shape index (κ1) is 20.3. The number of amides is 1. The smallest absolute Gasteiger partial charge is 0.417 e. The van der Waals surface area contributed by atoms with Crippen molar-refractivity contribution in [1.82, 2.24) is 4.98 Å². The summed E-state index contributed by atoms with van der Waals surface area (Å²) in [6.45, 7) is 2.12. The lowest BCUT2D eigenvalue weighted by Crippen LogP contribution is -2.30. The molecular weight excluding hydrogens is 388 g/mol. The second-order valence-corrected chi connectivity index (χ2v) is 6.04. The van der Waals surface area contributed by atoms with Crippen LogP contribution in [0.25, 0.3) is 0 Å². The Labute approximate surface area is 164 Å². The topological polar surface area (TPSA) is 42.4 Å². The molecule has 3 aromatic rings. The van der Waals surface area contributed by atoms with E-state index in [-0.39, 0.29) is 11.8 Å². The zero-order chi connectivity index (χ0) is 21.0. The van der Waals surface area contributed by atoms with Gasteiger partial charge in [0.25, 0.3) is 5.91 Å². The number of pyridine rings is 1. The van der Waals surface area contributed by atoms with Crippen molar-refractivity contribution in [1.29, 1.82) is 0 Å². The summed E-state index contributed by atoms with van der Waals surface area (Å²) in [6, 6.07) is 13.8. The minimum absolute atomic E-state index is 0.00739. The number of alkyl halides is 3. The number of benzene rings is 2. The summed E-state index contributed by atoms with van der Waals surface area (Å²) in [4.78, 5) is 17.8. The van der Waals surface area contributed by atoms with E-state index >= 15 is 0 Å². The molecule has 0 unspecified atom stereocenters. The normalized spacial score (nSPS) is 11.2. The van der Waals surface area contributed by atoms with E-state index in [1.54, 1.807) is 13.0 Å². The fourth-order valence-electron chi connectivity index (χ4n) is 2.64. The molecule has 2 aromatic carbocycles. The van der Waals surface area contributed by atoms with Crippen LogP contribution >= 0.6 is 0 Å². The Kier molecular flexibility index (Phi) is 5.81. The first-order valence-electron chi connectivity index (χ1n) is 8.66. The van der Waals surface area contributed by atoms with Gasteiger partial charge in [-0.2, -0.15) is 13.2 Å². The fourth-order valence-corrected chi connectivity index (χ4v) is 2.64. The van der Waals surface area contributed by atoms with Crippen LogP contribution in [0.1, 0.15) is 22.8 Å². The van der Waals surface area contributed by atoms with Crippen molar-refractivity contribution < 1.29 is 27.1 Å². The van der Waals surface area contributed by atoms with Crippen LogP contribution in [0.2, 0.25) is 0 Å². The quantitative estimate of drug-likeness (QED) is 0.513. The van der Waals surface area contributed by atoms with E-state index in [1.807, 2.05) is 0 Å².